The lowest BCUT2D eigenvalue weighted by atomic mass is 10.2. The second-order valence-corrected chi connectivity index (χ2v) is 3.28. The minimum absolute atomic E-state index is 0.150. The highest BCUT2D eigenvalue weighted by molar-refractivity contribution is 5.20. The molecule has 0 aliphatic heterocycles. The Morgan fingerprint density at radius 3 is 2.21 bits per heavy atom. The Bertz CT molecular complexity index is 252. The van der Waals surface area contributed by atoms with Gasteiger partial charge in [0.05, 0.1) is 19.8 Å². The predicted molar refractivity (Wildman–Crippen MR) is 53.9 cm³/mol. The molecular formula is C11H16O3. The van der Waals surface area contributed by atoms with E-state index >= 15 is 0 Å². The molecule has 0 unspecified atom stereocenters. The fourth-order valence-corrected chi connectivity index (χ4v) is 1.06. The first-order valence-corrected chi connectivity index (χ1v) is 4.65. The summed E-state index contributed by atoms with van der Waals surface area (Å²) in [4.78, 5) is 0. The number of aliphatic hydroxyl groups is 2. The van der Waals surface area contributed by atoms with Crippen LogP contribution in [0.15, 0.2) is 24.3 Å². The summed E-state index contributed by atoms with van der Waals surface area (Å²) < 4.78 is 5.27. The van der Waals surface area contributed by atoms with Gasteiger partial charge in [-0.3, -0.25) is 0 Å². The van der Waals surface area contributed by atoms with Crippen molar-refractivity contribution in [3.63, 3.8) is 0 Å². The SMILES string of the molecule is Cc1ccc(COC(CO)CO)cc1. The van der Waals surface area contributed by atoms with Gasteiger partial charge >= 0.3 is 0 Å². The van der Waals surface area contributed by atoms with Gasteiger partial charge in [0.15, 0.2) is 0 Å². The Balaban J connectivity index is 2.41. The number of aliphatic hydroxyl groups excluding tert-OH is 2. The fraction of sp³-hybridized carbons (Fsp3) is 0.455. The highest BCUT2D eigenvalue weighted by Crippen LogP contribution is 2.05. The van der Waals surface area contributed by atoms with E-state index in [0.717, 1.165) is 5.56 Å². The smallest absolute Gasteiger partial charge is 0.104 e. The van der Waals surface area contributed by atoms with Crippen molar-refractivity contribution in [1.29, 1.82) is 0 Å². The molecule has 0 amide bonds. The fourth-order valence-electron chi connectivity index (χ4n) is 1.06. The van der Waals surface area contributed by atoms with Gasteiger partial charge in [-0.1, -0.05) is 29.8 Å². The number of hydrogen-bond acceptors (Lipinski definition) is 3. The van der Waals surface area contributed by atoms with Gasteiger partial charge in [-0.25, -0.2) is 0 Å². The molecule has 1 aromatic carbocycles. The van der Waals surface area contributed by atoms with Crippen molar-refractivity contribution in [2.24, 2.45) is 0 Å². The molecule has 0 spiro atoms. The van der Waals surface area contributed by atoms with E-state index in [-0.39, 0.29) is 13.2 Å². The Morgan fingerprint density at radius 2 is 1.71 bits per heavy atom. The third-order valence-corrected chi connectivity index (χ3v) is 2.01. The van der Waals surface area contributed by atoms with Gasteiger partial charge in [-0.15, -0.1) is 0 Å². The van der Waals surface area contributed by atoms with E-state index in [4.69, 9.17) is 14.9 Å². The lowest BCUT2D eigenvalue weighted by molar-refractivity contribution is -0.0284. The van der Waals surface area contributed by atoms with E-state index in [1.807, 2.05) is 31.2 Å². The van der Waals surface area contributed by atoms with Crippen LogP contribution in [-0.2, 0) is 11.3 Å². The number of ether oxygens (including phenoxy) is 1. The summed E-state index contributed by atoms with van der Waals surface area (Å²) in [6.07, 6.45) is -0.476. The molecule has 0 saturated heterocycles. The number of aryl methyl sites for hydroxylation is 1. The van der Waals surface area contributed by atoms with Crippen LogP contribution in [0, 0.1) is 6.92 Å². The molecule has 2 N–H and O–H groups in total. The number of rotatable bonds is 5. The lowest BCUT2D eigenvalue weighted by Crippen LogP contribution is -2.21. The summed E-state index contributed by atoms with van der Waals surface area (Å²) in [5.74, 6) is 0. The van der Waals surface area contributed by atoms with Gasteiger partial charge in [0.1, 0.15) is 6.10 Å². The molecule has 1 rings (SSSR count). The van der Waals surface area contributed by atoms with Crippen molar-refractivity contribution < 1.29 is 14.9 Å². The van der Waals surface area contributed by atoms with E-state index in [1.165, 1.54) is 5.56 Å². The first kappa shape index (κ1) is 11.2. The van der Waals surface area contributed by atoms with Crippen molar-refractivity contribution in [2.75, 3.05) is 13.2 Å². The first-order chi connectivity index (χ1) is 6.76. The Kier molecular flexibility index (Phi) is 4.59. The first-order valence-electron chi connectivity index (χ1n) is 4.65. The summed E-state index contributed by atoms with van der Waals surface area (Å²) in [7, 11) is 0. The molecule has 0 saturated carbocycles. The van der Waals surface area contributed by atoms with Gasteiger partial charge in [0.2, 0.25) is 0 Å². The van der Waals surface area contributed by atoms with E-state index in [9.17, 15) is 0 Å². The van der Waals surface area contributed by atoms with Gasteiger partial charge in [-0.2, -0.15) is 0 Å². The number of hydrogen-bond donors (Lipinski definition) is 2. The van der Waals surface area contributed by atoms with Gasteiger partial charge < -0.3 is 14.9 Å². The normalized spacial score (nSPS) is 10.9. The molecule has 0 aliphatic carbocycles. The van der Waals surface area contributed by atoms with Gasteiger partial charge in [0.25, 0.3) is 0 Å². The Hall–Kier alpha value is -0.900. The molecule has 0 atom stereocenters. The van der Waals surface area contributed by atoms with Crippen LogP contribution in [0.2, 0.25) is 0 Å². The molecule has 0 aromatic heterocycles. The highest BCUT2D eigenvalue weighted by atomic mass is 16.5. The lowest BCUT2D eigenvalue weighted by Gasteiger charge is -2.12. The van der Waals surface area contributed by atoms with Gasteiger partial charge in [-0.05, 0) is 12.5 Å². The van der Waals surface area contributed by atoms with Crippen molar-refractivity contribution >= 4 is 0 Å². The van der Waals surface area contributed by atoms with Crippen LogP contribution in [-0.4, -0.2) is 29.5 Å². The molecule has 78 valence electrons. The van der Waals surface area contributed by atoms with Gasteiger partial charge in [0, 0.05) is 0 Å². The minimum atomic E-state index is -0.476. The zero-order valence-electron chi connectivity index (χ0n) is 8.31. The van der Waals surface area contributed by atoms with Crippen LogP contribution in [0.4, 0.5) is 0 Å². The van der Waals surface area contributed by atoms with Crippen molar-refractivity contribution in [3.8, 4) is 0 Å². The van der Waals surface area contributed by atoms with Crippen LogP contribution in [0.1, 0.15) is 11.1 Å². The summed E-state index contributed by atoms with van der Waals surface area (Å²) in [5, 5.41) is 17.5. The van der Waals surface area contributed by atoms with Crippen LogP contribution < -0.4 is 0 Å². The van der Waals surface area contributed by atoms with Crippen LogP contribution in [0.3, 0.4) is 0 Å². The molecule has 1 aromatic rings. The van der Waals surface area contributed by atoms with Crippen LogP contribution in [0.25, 0.3) is 0 Å². The van der Waals surface area contributed by atoms with Crippen molar-refractivity contribution in [1.82, 2.24) is 0 Å². The molecule has 0 aliphatic rings. The maximum absolute atomic E-state index is 8.76. The third kappa shape index (κ3) is 3.46. The topological polar surface area (TPSA) is 49.7 Å². The average molecular weight is 196 g/mol. The molecule has 0 bridgehead atoms. The number of benzene rings is 1. The second-order valence-electron chi connectivity index (χ2n) is 3.28. The second kappa shape index (κ2) is 5.75. The van der Waals surface area contributed by atoms with E-state index in [2.05, 4.69) is 0 Å². The van der Waals surface area contributed by atoms with E-state index in [0.29, 0.717) is 6.61 Å². The Morgan fingerprint density at radius 1 is 1.14 bits per heavy atom. The quantitative estimate of drug-likeness (QED) is 0.734. The summed E-state index contributed by atoms with van der Waals surface area (Å²) in [6, 6.07) is 7.96. The monoisotopic (exact) mass is 196 g/mol. The molecule has 0 radical (unpaired) electrons. The van der Waals surface area contributed by atoms with E-state index in [1.54, 1.807) is 0 Å². The molecule has 3 heteroatoms. The molecule has 0 heterocycles. The zero-order chi connectivity index (χ0) is 10.4. The third-order valence-electron chi connectivity index (χ3n) is 2.01. The maximum Gasteiger partial charge on any atom is 0.104 e. The predicted octanol–water partition coefficient (Wildman–Crippen LogP) is 0.865. The Labute approximate surface area is 84.0 Å². The minimum Gasteiger partial charge on any atom is -0.394 e. The zero-order valence-corrected chi connectivity index (χ0v) is 8.31. The van der Waals surface area contributed by atoms with Crippen molar-refractivity contribution in [3.05, 3.63) is 35.4 Å². The standard InChI is InChI=1S/C11H16O3/c1-9-2-4-10(5-3-9)8-14-11(6-12)7-13/h2-5,11-13H,6-8H2,1H3. The summed E-state index contributed by atoms with van der Waals surface area (Å²) in [5.41, 5.74) is 2.25. The molecule has 3 nitrogen and oxygen atoms in total. The molecule has 0 fully saturated rings. The molecular weight excluding hydrogens is 180 g/mol. The van der Waals surface area contributed by atoms with Crippen molar-refractivity contribution in [2.45, 2.75) is 19.6 Å². The summed E-state index contributed by atoms with van der Waals surface area (Å²) in [6.45, 7) is 2.14. The van der Waals surface area contributed by atoms with Crippen LogP contribution in [0.5, 0.6) is 0 Å². The average Bonchev–Trinajstić information content (AvgIpc) is 2.22. The van der Waals surface area contributed by atoms with Crippen LogP contribution >= 0.6 is 0 Å². The van der Waals surface area contributed by atoms with E-state index < -0.39 is 6.10 Å². The summed E-state index contributed by atoms with van der Waals surface area (Å²) >= 11 is 0. The maximum atomic E-state index is 8.76. The molecule has 14 heavy (non-hydrogen) atoms. The highest BCUT2D eigenvalue weighted by Gasteiger charge is 2.05. The largest absolute Gasteiger partial charge is 0.394 e.